The second-order valence-corrected chi connectivity index (χ2v) is 5.35. The Bertz CT molecular complexity index is 671. The quantitative estimate of drug-likeness (QED) is 0.790. The number of amides is 3. The van der Waals surface area contributed by atoms with E-state index in [0.29, 0.717) is 17.8 Å². The third-order valence-electron chi connectivity index (χ3n) is 3.49. The van der Waals surface area contributed by atoms with E-state index < -0.39 is 0 Å². The standard InChI is InChI=1S/C18H21N3O2/c1-13(14-7-4-3-5-8-14)11-17(22)20-15-9-6-10-16(12-15)21-18(23)19-2/h3-10,12-13H,11H2,1-2H3,(H,20,22)(H2,19,21,23). The van der Waals surface area contributed by atoms with Crippen LogP contribution in [0, 0.1) is 0 Å². The molecule has 0 saturated heterocycles. The largest absolute Gasteiger partial charge is 0.341 e. The van der Waals surface area contributed by atoms with Gasteiger partial charge < -0.3 is 16.0 Å². The predicted molar refractivity (Wildman–Crippen MR) is 92.6 cm³/mol. The molecule has 0 heterocycles. The Hall–Kier alpha value is -2.82. The number of rotatable bonds is 5. The first-order chi connectivity index (χ1) is 11.1. The van der Waals surface area contributed by atoms with Crippen LogP contribution in [0.3, 0.4) is 0 Å². The van der Waals surface area contributed by atoms with Crippen molar-refractivity contribution in [3.8, 4) is 0 Å². The highest BCUT2D eigenvalue weighted by Crippen LogP contribution is 2.20. The molecule has 5 heteroatoms. The van der Waals surface area contributed by atoms with Gasteiger partial charge >= 0.3 is 6.03 Å². The van der Waals surface area contributed by atoms with Crippen LogP contribution < -0.4 is 16.0 Å². The van der Waals surface area contributed by atoms with Crippen LogP contribution in [0.15, 0.2) is 54.6 Å². The van der Waals surface area contributed by atoms with Crippen LogP contribution >= 0.6 is 0 Å². The third-order valence-corrected chi connectivity index (χ3v) is 3.49. The molecule has 0 bridgehead atoms. The van der Waals surface area contributed by atoms with Crippen molar-refractivity contribution in [2.24, 2.45) is 0 Å². The van der Waals surface area contributed by atoms with Crippen molar-refractivity contribution >= 4 is 23.3 Å². The second kappa shape index (κ2) is 7.98. The van der Waals surface area contributed by atoms with Crippen molar-refractivity contribution in [2.45, 2.75) is 19.3 Å². The van der Waals surface area contributed by atoms with Gasteiger partial charge in [0.2, 0.25) is 5.91 Å². The Morgan fingerprint density at radius 3 is 2.26 bits per heavy atom. The smallest absolute Gasteiger partial charge is 0.318 e. The minimum Gasteiger partial charge on any atom is -0.341 e. The van der Waals surface area contributed by atoms with Gasteiger partial charge in [0.1, 0.15) is 0 Å². The minimum atomic E-state index is -0.300. The maximum atomic E-state index is 12.2. The van der Waals surface area contributed by atoms with E-state index in [9.17, 15) is 9.59 Å². The maximum absolute atomic E-state index is 12.2. The molecule has 2 rings (SSSR count). The van der Waals surface area contributed by atoms with E-state index in [0.717, 1.165) is 5.56 Å². The molecule has 0 saturated carbocycles. The zero-order valence-electron chi connectivity index (χ0n) is 13.3. The Balaban J connectivity index is 1.95. The lowest BCUT2D eigenvalue weighted by Gasteiger charge is -2.12. The van der Waals surface area contributed by atoms with Crippen molar-refractivity contribution in [3.63, 3.8) is 0 Å². The highest BCUT2D eigenvalue weighted by Gasteiger charge is 2.11. The monoisotopic (exact) mass is 311 g/mol. The number of hydrogen-bond donors (Lipinski definition) is 3. The van der Waals surface area contributed by atoms with E-state index in [1.165, 1.54) is 0 Å². The predicted octanol–water partition coefficient (Wildman–Crippen LogP) is 3.57. The topological polar surface area (TPSA) is 70.2 Å². The molecule has 0 aliphatic rings. The van der Waals surface area contributed by atoms with E-state index in [4.69, 9.17) is 0 Å². The molecule has 5 nitrogen and oxygen atoms in total. The van der Waals surface area contributed by atoms with Crippen molar-refractivity contribution in [1.29, 1.82) is 0 Å². The van der Waals surface area contributed by atoms with Crippen molar-refractivity contribution in [1.82, 2.24) is 5.32 Å². The Morgan fingerprint density at radius 2 is 1.61 bits per heavy atom. The lowest BCUT2D eigenvalue weighted by molar-refractivity contribution is -0.116. The molecule has 0 aliphatic heterocycles. The van der Waals surface area contributed by atoms with Gasteiger partial charge in [0.25, 0.3) is 0 Å². The summed E-state index contributed by atoms with van der Waals surface area (Å²) in [6.45, 7) is 2.03. The van der Waals surface area contributed by atoms with Crippen LogP contribution in [0.2, 0.25) is 0 Å². The number of carbonyl (C=O) groups is 2. The summed E-state index contributed by atoms with van der Waals surface area (Å²) in [7, 11) is 1.55. The normalized spacial score (nSPS) is 11.4. The first-order valence-corrected chi connectivity index (χ1v) is 7.52. The first kappa shape index (κ1) is 16.5. The molecule has 3 N–H and O–H groups in total. The molecule has 3 amide bonds. The second-order valence-electron chi connectivity index (χ2n) is 5.35. The zero-order valence-corrected chi connectivity index (χ0v) is 13.3. The van der Waals surface area contributed by atoms with Gasteiger partial charge in [-0.15, -0.1) is 0 Å². The van der Waals surface area contributed by atoms with Gasteiger partial charge in [-0.05, 0) is 29.7 Å². The van der Waals surface area contributed by atoms with Gasteiger partial charge in [-0.25, -0.2) is 4.79 Å². The Morgan fingerprint density at radius 1 is 0.957 bits per heavy atom. The number of hydrogen-bond acceptors (Lipinski definition) is 2. The van der Waals surface area contributed by atoms with Crippen LogP contribution in [0.5, 0.6) is 0 Å². The molecule has 0 radical (unpaired) electrons. The molecule has 1 unspecified atom stereocenters. The molecule has 1 atom stereocenters. The molecule has 0 aromatic heterocycles. The van der Waals surface area contributed by atoms with E-state index in [1.54, 1.807) is 31.3 Å². The van der Waals surface area contributed by atoms with Crippen LogP contribution in [0.1, 0.15) is 24.8 Å². The molecule has 23 heavy (non-hydrogen) atoms. The van der Waals surface area contributed by atoms with Crippen molar-refractivity contribution in [2.75, 3.05) is 17.7 Å². The summed E-state index contributed by atoms with van der Waals surface area (Å²) in [5.74, 6) is 0.0850. The molecule has 2 aromatic carbocycles. The van der Waals surface area contributed by atoms with Gasteiger partial charge in [-0.3, -0.25) is 4.79 Å². The van der Waals surface area contributed by atoms with Gasteiger partial charge in [-0.1, -0.05) is 43.3 Å². The molecule has 0 spiro atoms. The van der Waals surface area contributed by atoms with Crippen LogP contribution in [-0.2, 0) is 4.79 Å². The lowest BCUT2D eigenvalue weighted by Crippen LogP contribution is -2.24. The number of urea groups is 1. The molecule has 0 aliphatic carbocycles. The molecular formula is C18H21N3O2. The van der Waals surface area contributed by atoms with Crippen LogP contribution in [0.25, 0.3) is 0 Å². The highest BCUT2D eigenvalue weighted by molar-refractivity contribution is 5.93. The number of nitrogens with one attached hydrogen (secondary N) is 3. The maximum Gasteiger partial charge on any atom is 0.318 e. The molecule has 2 aromatic rings. The van der Waals surface area contributed by atoms with Gasteiger partial charge in [0.15, 0.2) is 0 Å². The molecular weight excluding hydrogens is 290 g/mol. The van der Waals surface area contributed by atoms with Crippen LogP contribution in [-0.4, -0.2) is 19.0 Å². The molecule has 0 fully saturated rings. The van der Waals surface area contributed by atoms with Gasteiger partial charge in [-0.2, -0.15) is 0 Å². The zero-order chi connectivity index (χ0) is 16.7. The SMILES string of the molecule is CNC(=O)Nc1cccc(NC(=O)CC(C)c2ccccc2)c1. The summed E-state index contributed by atoms with van der Waals surface area (Å²) in [4.78, 5) is 23.5. The summed E-state index contributed by atoms with van der Waals surface area (Å²) < 4.78 is 0. The molecule has 120 valence electrons. The summed E-state index contributed by atoms with van der Waals surface area (Å²) in [5, 5.41) is 8.01. The fourth-order valence-corrected chi connectivity index (χ4v) is 2.26. The van der Waals surface area contributed by atoms with Crippen molar-refractivity contribution in [3.05, 3.63) is 60.2 Å². The van der Waals surface area contributed by atoms with E-state index in [-0.39, 0.29) is 17.9 Å². The fraction of sp³-hybridized carbons (Fsp3) is 0.222. The van der Waals surface area contributed by atoms with Gasteiger partial charge in [0.05, 0.1) is 0 Å². The first-order valence-electron chi connectivity index (χ1n) is 7.52. The number of benzene rings is 2. The third kappa shape index (κ3) is 5.14. The number of carbonyl (C=O) groups excluding carboxylic acids is 2. The van der Waals surface area contributed by atoms with Crippen LogP contribution in [0.4, 0.5) is 16.2 Å². The van der Waals surface area contributed by atoms with Crippen molar-refractivity contribution < 1.29 is 9.59 Å². The highest BCUT2D eigenvalue weighted by atomic mass is 16.2. The van der Waals surface area contributed by atoms with E-state index in [1.807, 2.05) is 37.3 Å². The number of anilines is 2. The Labute approximate surface area is 136 Å². The van der Waals surface area contributed by atoms with E-state index >= 15 is 0 Å². The Kier molecular flexibility index (Phi) is 5.74. The summed E-state index contributed by atoms with van der Waals surface area (Å²) in [6.07, 6.45) is 0.400. The van der Waals surface area contributed by atoms with E-state index in [2.05, 4.69) is 16.0 Å². The minimum absolute atomic E-state index is 0.0570. The fourth-order valence-electron chi connectivity index (χ4n) is 2.26. The summed E-state index contributed by atoms with van der Waals surface area (Å²) in [6, 6.07) is 16.7. The average Bonchev–Trinajstić information content (AvgIpc) is 2.55. The summed E-state index contributed by atoms with van der Waals surface area (Å²) >= 11 is 0. The average molecular weight is 311 g/mol. The summed E-state index contributed by atoms with van der Waals surface area (Å²) in [5.41, 5.74) is 2.42. The lowest BCUT2D eigenvalue weighted by atomic mass is 9.97. The van der Waals surface area contributed by atoms with Gasteiger partial charge in [0, 0.05) is 24.8 Å².